The molecule has 0 bridgehead atoms. The summed E-state index contributed by atoms with van der Waals surface area (Å²) in [6.45, 7) is 1.93. The summed E-state index contributed by atoms with van der Waals surface area (Å²) < 4.78 is 1.24. The highest BCUT2D eigenvalue weighted by molar-refractivity contribution is 5.49. The molecule has 5 heteroatoms. The number of nitrogen functional groups attached to an aromatic ring is 1. The third-order valence-electron chi connectivity index (χ3n) is 1.75. The van der Waals surface area contributed by atoms with E-state index in [0.717, 1.165) is 5.56 Å². The lowest BCUT2D eigenvalue weighted by Gasteiger charge is -2.04. The lowest BCUT2D eigenvalue weighted by Crippen LogP contribution is -2.25. The maximum Gasteiger partial charge on any atom is 0.349 e. The molecule has 0 radical (unpaired) electrons. The van der Waals surface area contributed by atoms with Gasteiger partial charge < -0.3 is 10.5 Å². The van der Waals surface area contributed by atoms with Gasteiger partial charge in [-0.25, -0.2) is 4.79 Å². The molecule has 0 atom stereocenters. The third kappa shape index (κ3) is 1.93. The molecule has 13 heavy (non-hydrogen) atoms. The second-order valence-electron chi connectivity index (χ2n) is 2.61. The van der Waals surface area contributed by atoms with Gasteiger partial charge in [-0.1, -0.05) is 6.92 Å². The van der Waals surface area contributed by atoms with Gasteiger partial charge in [0.25, 0.3) is 0 Å². The van der Waals surface area contributed by atoms with Crippen LogP contribution in [0.4, 0.5) is 5.82 Å². The number of carbonyl (C=O) groups is 1. The minimum atomic E-state index is -0.484. The Hall–Kier alpha value is -1.65. The molecular formula is C8H11N3O2. The van der Waals surface area contributed by atoms with E-state index in [1.54, 1.807) is 6.20 Å². The summed E-state index contributed by atoms with van der Waals surface area (Å²) in [6.07, 6.45) is 2.91. The molecular weight excluding hydrogens is 170 g/mol. The van der Waals surface area contributed by atoms with E-state index in [0.29, 0.717) is 12.7 Å². The van der Waals surface area contributed by atoms with E-state index >= 15 is 0 Å². The van der Waals surface area contributed by atoms with Crippen LogP contribution in [0.1, 0.15) is 12.5 Å². The number of aromatic nitrogens is 2. The summed E-state index contributed by atoms with van der Waals surface area (Å²) in [5, 5.41) is 0. The molecule has 1 aromatic rings. The predicted octanol–water partition coefficient (Wildman–Crippen LogP) is -0.413. The van der Waals surface area contributed by atoms with Gasteiger partial charge in [-0.15, -0.1) is 0 Å². The van der Waals surface area contributed by atoms with Gasteiger partial charge in [0, 0.05) is 11.8 Å². The van der Waals surface area contributed by atoms with Crippen LogP contribution in [-0.2, 0) is 17.8 Å². The van der Waals surface area contributed by atoms with Crippen molar-refractivity contribution in [1.29, 1.82) is 0 Å². The number of nitrogens with two attached hydrogens (primary N) is 1. The zero-order valence-corrected chi connectivity index (χ0v) is 7.36. The average Bonchev–Trinajstić information content (AvgIpc) is 2.10. The van der Waals surface area contributed by atoms with Crippen molar-refractivity contribution in [2.24, 2.45) is 0 Å². The zero-order chi connectivity index (χ0) is 9.84. The molecule has 0 saturated carbocycles. The van der Waals surface area contributed by atoms with Crippen molar-refractivity contribution < 1.29 is 4.79 Å². The van der Waals surface area contributed by atoms with Crippen molar-refractivity contribution in [1.82, 2.24) is 9.55 Å². The van der Waals surface area contributed by atoms with Gasteiger partial charge in [0.15, 0.2) is 0 Å². The molecule has 5 nitrogen and oxygen atoms in total. The second-order valence-corrected chi connectivity index (χ2v) is 2.61. The number of aryl methyl sites for hydroxylation is 1. The lowest BCUT2D eigenvalue weighted by atomic mass is 10.2. The predicted molar refractivity (Wildman–Crippen MR) is 48.4 cm³/mol. The number of nitrogens with zero attached hydrogens (tertiary/aromatic N) is 2. The summed E-state index contributed by atoms with van der Waals surface area (Å²) in [5.74, 6) is 0.245. The van der Waals surface area contributed by atoms with Gasteiger partial charge in [-0.05, 0) is 6.42 Å². The van der Waals surface area contributed by atoms with E-state index in [1.165, 1.54) is 4.57 Å². The second kappa shape index (κ2) is 3.84. The van der Waals surface area contributed by atoms with Gasteiger partial charge in [-0.3, -0.25) is 4.57 Å². The Morgan fingerprint density at radius 3 is 2.92 bits per heavy atom. The van der Waals surface area contributed by atoms with Crippen LogP contribution < -0.4 is 11.4 Å². The van der Waals surface area contributed by atoms with Crippen LogP contribution in [0.15, 0.2) is 11.0 Å². The smallest absolute Gasteiger partial charge is 0.349 e. The van der Waals surface area contributed by atoms with Crippen LogP contribution in [0.5, 0.6) is 0 Å². The molecule has 0 spiro atoms. The molecule has 1 aromatic heterocycles. The number of anilines is 1. The summed E-state index contributed by atoms with van der Waals surface area (Å²) >= 11 is 0. The summed E-state index contributed by atoms with van der Waals surface area (Å²) in [4.78, 5) is 24.9. The first-order valence-corrected chi connectivity index (χ1v) is 3.98. The molecule has 1 heterocycles. The van der Waals surface area contributed by atoms with Gasteiger partial charge in [-0.2, -0.15) is 4.98 Å². The Labute approximate surface area is 75.2 Å². The fourth-order valence-electron chi connectivity index (χ4n) is 1.03. The molecule has 1 rings (SSSR count). The van der Waals surface area contributed by atoms with E-state index < -0.39 is 5.69 Å². The van der Waals surface area contributed by atoms with Crippen LogP contribution in [0.2, 0.25) is 0 Å². The summed E-state index contributed by atoms with van der Waals surface area (Å²) in [5.41, 5.74) is 5.78. The van der Waals surface area contributed by atoms with Crippen molar-refractivity contribution >= 4 is 12.1 Å². The number of hydrogen-bond acceptors (Lipinski definition) is 4. The molecule has 70 valence electrons. The van der Waals surface area contributed by atoms with Crippen LogP contribution in [-0.4, -0.2) is 15.8 Å². The van der Waals surface area contributed by atoms with E-state index in [9.17, 15) is 9.59 Å². The standard InChI is InChI=1S/C8H11N3O2/c1-2-6-5-11(3-4-12)8(13)10-7(6)9/h4-5H,2-3H2,1H3,(H2,9,10,13). The fourth-order valence-corrected chi connectivity index (χ4v) is 1.03. The first-order chi connectivity index (χ1) is 6.19. The molecule has 0 aromatic carbocycles. The van der Waals surface area contributed by atoms with E-state index in [4.69, 9.17) is 5.73 Å². The molecule has 0 aliphatic rings. The Balaban J connectivity index is 3.22. The largest absolute Gasteiger partial charge is 0.383 e. The van der Waals surface area contributed by atoms with Crippen LogP contribution in [0.25, 0.3) is 0 Å². The highest BCUT2D eigenvalue weighted by Gasteiger charge is 2.02. The zero-order valence-electron chi connectivity index (χ0n) is 7.36. The molecule has 2 N–H and O–H groups in total. The lowest BCUT2D eigenvalue weighted by molar-refractivity contribution is -0.108. The third-order valence-corrected chi connectivity index (χ3v) is 1.75. The SMILES string of the molecule is CCc1cn(CC=O)c(=O)nc1N. The number of rotatable bonds is 3. The maximum atomic E-state index is 11.1. The Kier molecular flexibility index (Phi) is 2.79. The monoisotopic (exact) mass is 181 g/mol. The maximum absolute atomic E-state index is 11.1. The van der Waals surface area contributed by atoms with Gasteiger partial charge in [0.1, 0.15) is 12.1 Å². The molecule has 0 unspecified atom stereocenters. The number of hydrogen-bond donors (Lipinski definition) is 1. The summed E-state index contributed by atoms with van der Waals surface area (Å²) in [7, 11) is 0. The van der Waals surface area contributed by atoms with Crippen molar-refractivity contribution in [3.8, 4) is 0 Å². The van der Waals surface area contributed by atoms with Crippen molar-refractivity contribution in [2.75, 3.05) is 5.73 Å². The van der Waals surface area contributed by atoms with E-state index in [1.807, 2.05) is 6.92 Å². The van der Waals surface area contributed by atoms with Crippen molar-refractivity contribution in [3.05, 3.63) is 22.2 Å². The first kappa shape index (κ1) is 9.44. The average molecular weight is 181 g/mol. The normalized spacial score (nSPS) is 9.92. The molecule has 0 aliphatic heterocycles. The molecule has 0 fully saturated rings. The topological polar surface area (TPSA) is 78.0 Å². The van der Waals surface area contributed by atoms with Crippen LogP contribution in [0.3, 0.4) is 0 Å². The Morgan fingerprint density at radius 2 is 2.38 bits per heavy atom. The van der Waals surface area contributed by atoms with Crippen LogP contribution >= 0.6 is 0 Å². The fraction of sp³-hybridized carbons (Fsp3) is 0.375. The Morgan fingerprint density at radius 1 is 1.69 bits per heavy atom. The van der Waals surface area contributed by atoms with Crippen LogP contribution in [0, 0.1) is 0 Å². The minimum Gasteiger partial charge on any atom is -0.383 e. The van der Waals surface area contributed by atoms with Crippen molar-refractivity contribution in [2.45, 2.75) is 19.9 Å². The minimum absolute atomic E-state index is 0.0269. The quantitative estimate of drug-likeness (QED) is 0.643. The molecule has 0 amide bonds. The first-order valence-electron chi connectivity index (χ1n) is 3.98. The number of carbonyl (C=O) groups excluding carboxylic acids is 1. The highest BCUT2D eigenvalue weighted by Crippen LogP contribution is 2.04. The molecule has 0 aliphatic carbocycles. The van der Waals surface area contributed by atoms with E-state index in [2.05, 4.69) is 4.98 Å². The number of aldehydes is 1. The van der Waals surface area contributed by atoms with Crippen molar-refractivity contribution in [3.63, 3.8) is 0 Å². The van der Waals surface area contributed by atoms with Gasteiger partial charge in [0.2, 0.25) is 0 Å². The van der Waals surface area contributed by atoms with Gasteiger partial charge >= 0.3 is 5.69 Å². The summed E-state index contributed by atoms with van der Waals surface area (Å²) in [6, 6.07) is 0. The Bertz CT molecular complexity index is 370. The van der Waals surface area contributed by atoms with E-state index in [-0.39, 0.29) is 12.4 Å². The molecule has 0 saturated heterocycles. The highest BCUT2D eigenvalue weighted by atomic mass is 16.1. The van der Waals surface area contributed by atoms with Gasteiger partial charge in [0.05, 0.1) is 6.54 Å².